The first-order chi connectivity index (χ1) is 9.72. The molecule has 0 spiro atoms. The summed E-state index contributed by atoms with van der Waals surface area (Å²) >= 11 is 0. The molecule has 1 unspecified atom stereocenters. The van der Waals surface area contributed by atoms with E-state index in [2.05, 4.69) is 22.8 Å². The minimum atomic E-state index is -0.572. The molecular weight excluding hydrogens is 252 g/mol. The molecule has 3 N–H and O–H groups in total. The molecule has 2 rings (SSSR count). The highest BCUT2D eigenvalue weighted by Crippen LogP contribution is 2.15. The first-order valence-corrected chi connectivity index (χ1v) is 7.57. The predicted molar refractivity (Wildman–Crippen MR) is 81.2 cm³/mol. The summed E-state index contributed by atoms with van der Waals surface area (Å²) in [4.78, 5) is 0. The Morgan fingerprint density at radius 2 is 2.15 bits per heavy atom. The minimum absolute atomic E-state index is 0.572. The quantitative estimate of drug-likeness (QED) is 0.659. The minimum Gasteiger partial charge on any atom is -0.494 e. The average Bonchev–Trinajstić information content (AvgIpc) is 2.46. The molecule has 0 aromatic heterocycles. The van der Waals surface area contributed by atoms with Crippen LogP contribution in [0.25, 0.3) is 0 Å². The summed E-state index contributed by atoms with van der Waals surface area (Å²) in [6.45, 7) is 5.96. The lowest BCUT2D eigenvalue weighted by Crippen LogP contribution is -2.52. The van der Waals surface area contributed by atoms with Gasteiger partial charge in [-0.15, -0.1) is 0 Å². The number of hydrogen-bond acceptors (Lipinski definition) is 4. The molecule has 0 radical (unpaired) electrons. The van der Waals surface area contributed by atoms with Crippen molar-refractivity contribution >= 4 is 0 Å². The van der Waals surface area contributed by atoms with E-state index in [0.29, 0.717) is 19.7 Å². The highest BCUT2D eigenvalue weighted by molar-refractivity contribution is 5.27. The maximum absolute atomic E-state index is 10.3. The van der Waals surface area contributed by atoms with Crippen LogP contribution in [0.15, 0.2) is 24.3 Å². The fraction of sp³-hybridized carbons (Fsp3) is 0.625. The van der Waals surface area contributed by atoms with Crippen LogP contribution in [0.5, 0.6) is 5.75 Å². The highest BCUT2D eigenvalue weighted by Gasteiger charge is 2.28. The zero-order chi connectivity index (χ0) is 14.3. The summed E-state index contributed by atoms with van der Waals surface area (Å²) in [6.07, 6.45) is 2.91. The van der Waals surface area contributed by atoms with Gasteiger partial charge in [-0.3, -0.25) is 0 Å². The molecular formula is C16H26N2O2. The number of ether oxygens (including phenoxy) is 1. The molecule has 1 atom stereocenters. The molecule has 0 saturated carbocycles. The van der Waals surface area contributed by atoms with Crippen LogP contribution in [0.2, 0.25) is 0 Å². The fourth-order valence-corrected chi connectivity index (χ4v) is 2.58. The van der Waals surface area contributed by atoms with Crippen molar-refractivity contribution in [2.45, 2.75) is 31.8 Å². The van der Waals surface area contributed by atoms with Crippen molar-refractivity contribution in [1.82, 2.24) is 10.6 Å². The Morgan fingerprint density at radius 3 is 2.80 bits per heavy atom. The zero-order valence-corrected chi connectivity index (χ0v) is 12.3. The van der Waals surface area contributed by atoms with Gasteiger partial charge in [0.15, 0.2) is 0 Å². The number of rotatable bonds is 7. The van der Waals surface area contributed by atoms with E-state index in [-0.39, 0.29) is 0 Å². The van der Waals surface area contributed by atoms with Crippen molar-refractivity contribution in [2.24, 2.45) is 0 Å². The van der Waals surface area contributed by atoms with Crippen LogP contribution >= 0.6 is 0 Å². The Bertz CT molecular complexity index is 386. The summed E-state index contributed by atoms with van der Waals surface area (Å²) in [5.41, 5.74) is 0.714. The average molecular weight is 278 g/mol. The van der Waals surface area contributed by atoms with Gasteiger partial charge in [0.1, 0.15) is 5.75 Å². The third kappa shape index (κ3) is 4.78. The van der Waals surface area contributed by atoms with Crippen LogP contribution in [0.4, 0.5) is 0 Å². The van der Waals surface area contributed by atoms with Crippen molar-refractivity contribution in [3.8, 4) is 5.75 Å². The van der Waals surface area contributed by atoms with Crippen molar-refractivity contribution in [2.75, 3.05) is 32.8 Å². The van der Waals surface area contributed by atoms with Crippen molar-refractivity contribution in [1.29, 1.82) is 0 Å². The summed E-state index contributed by atoms with van der Waals surface area (Å²) in [5, 5.41) is 16.9. The van der Waals surface area contributed by atoms with Gasteiger partial charge in [-0.05, 0) is 57.0 Å². The van der Waals surface area contributed by atoms with E-state index in [9.17, 15) is 5.11 Å². The number of aliphatic hydroxyl groups is 1. The molecule has 1 fully saturated rings. The number of hydrogen-bond donors (Lipinski definition) is 3. The largest absolute Gasteiger partial charge is 0.494 e. The van der Waals surface area contributed by atoms with E-state index in [0.717, 1.165) is 38.1 Å². The van der Waals surface area contributed by atoms with Gasteiger partial charge in [0.25, 0.3) is 0 Å². The lowest BCUT2D eigenvalue weighted by Gasteiger charge is -2.32. The molecule has 1 aromatic carbocycles. The first-order valence-electron chi connectivity index (χ1n) is 7.57. The smallest absolute Gasteiger partial charge is 0.119 e. The van der Waals surface area contributed by atoms with E-state index in [4.69, 9.17) is 4.74 Å². The Kier molecular flexibility index (Phi) is 5.83. The second kappa shape index (κ2) is 7.62. The highest BCUT2D eigenvalue weighted by atomic mass is 16.5. The maximum Gasteiger partial charge on any atom is 0.119 e. The van der Waals surface area contributed by atoms with Crippen LogP contribution in [0.3, 0.4) is 0 Å². The Balaban J connectivity index is 1.67. The van der Waals surface area contributed by atoms with E-state index in [1.165, 1.54) is 5.56 Å². The molecule has 1 saturated heterocycles. The van der Waals surface area contributed by atoms with Gasteiger partial charge in [0.05, 0.1) is 12.2 Å². The summed E-state index contributed by atoms with van der Waals surface area (Å²) in [5.74, 6) is 0.923. The summed E-state index contributed by atoms with van der Waals surface area (Å²) in [7, 11) is 0. The molecule has 4 nitrogen and oxygen atoms in total. The Morgan fingerprint density at radius 1 is 1.35 bits per heavy atom. The molecule has 4 heteroatoms. The van der Waals surface area contributed by atoms with E-state index in [1.54, 1.807) is 0 Å². The van der Waals surface area contributed by atoms with Gasteiger partial charge in [0, 0.05) is 13.1 Å². The topological polar surface area (TPSA) is 53.5 Å². The Labute approximate surface area is 121 Å². The number of nitrogens with one attached hydrogen (secondary N) is 2. The molecule has 1 aromatic rings. The van der Waals surface area contributed by atoms with Crippen molar-refractivity contribution in [3.63, 3.8) is 0 Å². The predicted octanol–water partition coefficient (Wildman–Crippen LogP) is 1.33. The van der Waals surface area contributed by atoms with Crippen LogP contribution in [0, 0.1) is 0 Å². The van der Waals surface area contributed by atoms with Crippen LogP contribution < -0.4 is 15.4 Å². The monoisotopic (exact) mass is 278 g/mol. The third-order valence-electron chi connectivity index (χ3n) is 3.73. The normalized spacial score (nSPS) is 22.7. The van der Waals surface area contributed by atoms with Gasteiger partial charge in [-0.1, -0.05) is 12.1 Å². The van der Waals surface area contributed by atoms with Gasteiger partial charge in [0.2, 0.25) is 0 Å². The molecule has 20 heavy (non-hydrogen) atoms. The van der Waals surface area contributed by atoms with Crippen LogP contribution in [0.1, 0.15) is 25.3 Å². The van der Waals surface area contributed by atoms with E-state index in [1.807, 2.05) is 19.1 Å². The summed E-state index contributed by atoms with van der Waals surface area (Å²) in [6, 6.07) is 8.22. The van der Waals surface area contributed by atoms with Crippen LogP contribution in [-0.4, -0.2) is 43.5 Å². The maximum atomic E-state index is 10.3. The first kappa shape index (κ1) is 15.3. The van der Waals surface area contributed by atoms with Gasteiger partial charge < -0.3 is 20.5 Å². The number of piperidine rings is 1. The zero-order valence-electron chi connectivity index (χ0n) is 12.3. The van der Waals surface area contributed by atoms with Gasteiger partial charge >= 0.3 is 0 Å². The SMILES string of the molecule is CCOc1ccc(CCNCC2(O)CCCNC2)cc1. The van der Waals surface area contributed by atoms with Gasteiger partial charge in [-0.2, -0.15) is 0 Å². The molecule has 1 heterocycles. The van der Waals surface area contributed by atoms with E-state index >= 15 is 0 Å². The lowest BCUT2D eigenvalue weighted by molar-refractivity contribution is 0.0174. The van der Waals surface area contributed by atoms with Crippen molar-refractivity contribution in [3.05, 3.63) is 29.8 Å². The molecule has 0 aliphatic carbocycles. The standard InChI is InChI=1S/C16H26N2O2/c1-2-20-15-6-4-14(5-7-15)8-11-18-13-16(19)9-3-10-17-12-16/h4-7,17-19H,2-3,8-13H2,1H3. The second-order valence-corrected chi connectivity index (χ2v) is 5.51. The molecule has 1 aliphatic rings. The number of β-amino-alcohol motifs (C(OH)–C–C–N with tert-alkyl or cyclic N) is 1. The van der Waals surface area contributed by atoms with Crippen molar-refractivity contribution < 1.29 is 9.84 Å². The van der Waals surface area contributed by atoms with Crippen LogP contribution in [-0.2, 0) is 6.42 Å². The number of benzene rings is 1. The van der Waals surface area contributed by atoms with Gasteiger partial charge in [-0.25, -0.2) is 0 Å². The second-order valence-electron chi connectivity index (χ2n) is 5.51. The third-order valence-corrected chi connectivity index (χ3v) is 3.73. The molecule has 112 valence electrons. The molecule has 0 bridgehead atoms. The summed E-state index contributed by atoms with van der Waals surface area (Å²) < 4.78 is 5.42. The molecule has 1 aliphatic heterocycles. The lowest BCUT2D eigenvalue weighted by atomic mass is 9.94. The van der Waals surface area contributed by atoms with E-state index < -0.39 is 5.60 Å². The Hall–Kier alpha value is -1.10. The fourth-order valence-electron chi connectivity index (χ4n) is 2.58. The molecule has 0 amide bonds.